The molecule has 0 aliphatic rings. The van der Waals surface area contributed by atoms with Crippen LogP contribution < -0.4 is 14.8 Å². The van der Waals surface area contributed by atoms with Gasteiger partial charge in [-0.05, 0) is 48.9 Å². The van der Waals surface area contributed by atoms with Gasteiger partial charge in [0.15, 0.2) is 0 Å². The molecule has 0 radical (unpaired) electrons. The third-order valence-electron chi connectivity index (χ3n) is 3.08. The highest BCUT2D eigenvalue weighted by Gasteiger charge is 2.01. The lowest BCUT2D eigenvalue weighted by Crippen LogP contribution is -2.17. The second-order valence-electron chi connectivity index (χ2n) is 4.65. The van der Waals surface area contributed by atoms with Crippen LogP contribution in [0.25, 0.3) is 0 Å². The standard InChI is InChI=1S/C17H20BrNO2/c1-20-16-8-9-17(18)14(12-16)13-19-10-5-11-21-15-6-3-2-4-7-15/h2-4,6-9,12,19H,5,10-11,13H2,1H3. The fourth-order valence-corrected chi connectivity index (χ4v) is 2.33. The van der Waals surface area contributed by atoms with E-state index in [2.05, 4.69) is 21.2 Å². The topological polar surface area (TPSA) is 30.5 Å². The second kappa shape index (κ2) is 8.70. The normalized spacial score (nSPS) is 10.4. The Balaban J connectivity index is 1.66. The summed E-state index contributed by atoms with van der Waals surface area (Å²) in [6.45, 7) is 2.44. The van der Waals surface area contributed by atoms with Gasteiger partial charge >= 0.3 is 0 Å². The van der Waals surface area contributed by atoms with Crippen molar-refractivity contribution in [3.63, 3.8) is 0 Å². The first-order valence-corrected chi connectivity index (χ1v) is 7.80. The van der Waals surface area contributed by atoms with Crippen LogP contribution in [0, 0.1) is 0 Å². The van der Waals surface area contributed by atoms with Crippen LogP contribution in [-0.2, 0) is 6.54 Å². The summed E-state index contributed by atoms with van der Waals surface area (Å²) in [6, 6.07) is 15.9. The summed E-state index contributed by atoms with van der Waals surface area (Å²) in [5.41, 5.74) is 1.19. The second-order valence-corrected chi connectivity index (χ2v) is 5.50. The van der Waals surface area contributed by atoms with E-state index in [1.165, 1.54) is 5.56 Å². The van der Waals surface area contributed by atoms with Gasteiger partial charge in [-0.1, -0.05) is 34.1 Å². The maximum absolute atomic E-state index is 5.65. The van der Waals surface area contributed by atoms with E-state index in [9.17, 15) is 0 Å². The number of methoxy groups -OCH3 is 1. The maximum atomic E-state index is 5.65. The van der Waals surface area contributed by atoms with Gasteiger partial charge < -0.3 is 14.8 Å². The molecule has 0 aliphatic carbocycles. The van der Waals surface area contributed by atoms with Crippen molar-refractivity contribution >= 4 is 15.9 Å². The molecular formula is C17H20BrNO2. The summed E-state index contributed by atoms with van der Waals surface area (Å²) < 4.78 is 12.0. The molecule has 4 heteroatoms. The zero-order chi connectivity index (χ0) is 14.9. The van der Waals surface area contributed by atoms with Crippen LogP contribution in [-0.4, -0.2) is 20.3 Å². The molecule has 0 bridgehead atoms. The van der Waals surface area contributed by atoms with Crippen LogP contribution in [0.2, 0.25) is 0 Å². The van der Waals surface area contributed by atoms with E-state index in [0.29, 0.717) is 0 Å². The molecule has 1 N–H and O–H groups in total. The fourth-order valence-electron chi connectivity index (χ4n) is 1.94. The number of ether oxygens (including phenoxy) is 2. The van der Waals surface area contributed by atoms with Crippen LogP contribution in [0.3, 0.4) is 0 Å². The van der Waals surface area contributed by atoms with Gasteiger partial charge in [0.25, 0.3) is 0 Å². The average molecular weight is 350 g/mol. The molecule has 21 heavy (non-hydrogen) atoms. The average Bonchev–Trinajstić information content (AvgIpc) is 2.53. The van der Waals surface area contributed by atoms with Crippen LogP contribution in [0.15, 0.2) is 53.0 Å². The van der Waals surface area contributed by atoms with Gasteiger partial charge in [-0.3, -0.25) is 0 Å². The third kappa shape index (κ3) is 5.40. The van der Waals surface area contributed by atoms with Crippen molar-refractivity contribution in [3.05, 3.63) is 58.6 Å². The third-order valence-corrected chi connectivity index (χ3v) is 3.85. The van der Waals surface area contributed by atoms with Crippen LogP contribution in [0.1, 0.15) is 12.0 Å². The monoisotopic (exact) mass is 349 g/mol. The first-order chi connectivity index (χ1) is 10.3. The molecule has 2 aromatic carbocycles. The molecule has 0 aliphatic heterocycles. The summed E-state index contributed by atoms with van der Waals surface area (Å²) in [5, 5.41) is 3.41. The smallest absolute Gasteiger partial charge is 0.119 e. The number of hydrogen-bond donors (Lipinski definition) is 1. The molecule has 0 fully saturated rings. The van der Waals surface area contributed by atoms with Gasteiger partial charge in [0.2, 0.25) is 0 Å². The number of benzene rings is 2. The van der Waals surface area contributed by atoms with Crippen LogP contribution >= 0.6 is 15.9 Å². The van der Waals surface area contributed by atoms with Crippen LogP contribution in [0.4, 0.5) is 0 Å². The molecule has 0 saturated carbocycles. The largest absolute Gasteiger partial charge is 0.497 e. The molecule has 2 rings (SSSR count). The van der Waals surface area contributed by atoms with E-state index in [-0.39, 0.29) is 0 Å². The zero-order valence-corrected chi connectivity index (χ0v) is 13.7. The summed E-state index contributed by atoms with van der Waals surface area (Å²) in [6.07, 6.45) is 0.969. The molecule has 2 aromatic rings. The number of para-hydroxylation sites is 1. The van der Waals surface area contributed by atoms with Crippen molar-refractivity contribution in [1.82, 2.24) is 5.32 Å². The number of nitrogens with one attached hydrogen (secondary N) is 1. The Kier molecular flexibility index (Phi) is 6.57. The van der Waals surface area contributed by atoms with Crippen molar-refractivity contribution in [2.24, 2.45) is 0 Å². The molecule has 0 atom stereocenters. The lowest BCUT2D eigenvalue weighted by atomic mass is 10.2. The highest BCUT2D eigenvalue weighted by molar-refractivity contribution is 9.10. The Bertz CT molecular complexity index is 546. The molecule has 0 saturated heterocycles. The molecule has 112 valence electrons. The van der Waals surface area contributed by atoms with Gasteiger partial charge in [-0.2, -0.15) is 0 Å². The molecule has 0 heterocycles. The summed E-state index contributed by atoms with van der Waals surface area (Å²) in [5.74, 6) is 1.80. The minimum atomic E-state index is 0.719. The predicted molar refractivity (Wildman–Crippen MR) is 89.0 cm³/mol. The van der Waals surface area contributed by atoms with Crippen molar-refractivity contribution in [3.8, 4) is 11.5 Å². The van der Waals surface area contributed by atoms with Gasteiger partial charge in [0.1, 0.15) is 11.5 Å². The zero-order valence-electron chi connectivity index (χ0n) is 12.1. The molecule has 3 nitrogen and oxygen atoms in total. The first-order valence-electron chi connectivity index (χ1n) is 7.00. The van der Waals surface area contributed by atoms with Crippen molar-refractivity contribution < 1.29 is 9.47 Å². The minimum absolute atomic E-state index is 0.719. The van der Waals surface area contributed by atoms with E-state index in [1.54, 1.807) is 7.11 Å². The Morgan fingerprint density at radius 1 is 1.05 bits per heavy atom. The quantitative estimate of drug-likeness (QED) is 0.730. The maximum Gasteiger partial charge on any atom is 0.119 e. The highest BCUT2D eigenvalue weighted by Crippen LogP contribution is 2.22. The van der Waals surface area contributed by atoms with Crippen molar-refractivity contribution in [2.45, 2.75) is 13.0 Å². The molecule has 0 spiro atoms. The highest BCUT2D eigenvalue weighted by atomic mass is 79.9. The SMILES string of the molecule is COc1ccc(Br)c(CNCCCOc2ccccc2)c1. The Morgan fingerprint density at radius 3 is 2.62 bits per heavy atom. The summed E-state index contributed by atoms with van der Waals surface area (Å²) in [4.78, 5) is 0. The van der Waals surface area contributed by atoms with Gasteiger partial charge in [0, 0.05) is 11.0 Å². The van der Waals surface area contributed by atoms with Gasteiger partial charge in [-0.25, -0.2) is 0 Å². The van der Waals surface area contributed by atoms with E-state index in [1.807, 2.05) is 48.5 Å². The van der Waals surface area contributed by atoms with Crippen molar-refractivity contribution in [1.29, 1.82) is 0 Å². The summed E-state index contributed by atoms with van der Waals surface area (Å²) in [7, 11) is 1.68. The fraction of sp³-hybridized carbons (Fsp3) is 0.294. The van der Waals surface area contributed by atoms with E-state index >= 15 is 0 Å². The predicted octanol–water partition coefficient (Wildman–Crippen LogP) is 4.02. The molecule has 0 aromatic heterocycles. The minimum Gasteiger partial charge on any atom is -0.497 e. The lowest BCUT2D eigenvalue weighted by Gasteiger charge is -2.09. The Hall–Kier alpha value is -1.52. The molecular weight excluding hydrogens is 330 g/mol. The van der Waals surface area contributed by atoms with Crippen molar-refractivity contribution in [2.75, 3.05) is 20.3 Å². The van der Waals surface area contributed by atoms with Crippen LogP contribution in [0.5, 0.6) is 11.5 Å². The number of halogens is 1. The Morgan fingerprint density at radius 2 is 1.86 bits per heavy atom. The summed E-state index contributed by atoms with van der Waals surface area (Å²) >= 11 is 3.55. The molecule has 0 amide bonds. The number of rotatable bonds is 8. The van der Waals surface area contributed by atoms with Gasteiger partial charge in [-0.15, -0.1) is 0 Å². The van der Waals surface area contributed by atoms with Gasteiger partial charge in [0.05, 0.1) is 13.7 Å². The van der Waals surface area contributed by atoms with E-state index < -0.39 is 0 Å². The molecule has 0 unspecified atom stereocenters. The lowest BCUT2D eigenvalue weighted by molar-refractivity contribution is 0.308. The Labute approximate surface area is 134 Å². The van der Waals surface area contributed by atoms with E-state index in [4.69, 9.17) is 9.47 Å². The van der Waals surface area contributed by atoms with E-state index in [0.717, 1.165) is 42.1 Å². The number of hydrogen-bond acceptors (Lipinski definition) is 3. The first kappa shape index (κ1) is 15.9.